The van der Waals surface area contributed by atoms with Gasteiger partial charge in [0.15, 0.2) is 0 Å². The van der Waals surface area contributed by atoms with E-state index in [1.54, 1.807) is 36.7 Å². The first kappa shape index (κ1) is 40.2. The van der Waals surface area contributed by atoms with Crippen molar-refractivity contribution in [2.75, 3.05) is 59.6 Å². The fourth-order valence-corrected chi connectivity index (χ4v) is 8.58. The zero-order chi connectivity index (χ0) is 39.0. The molecule has 1 saturated heterocycles. The summed E-state index contributed by atoms with van der Waals surface area (Å²) in [6.07, 6.45) is 3.79. The Morgan fingerprint density at radius 3 is 2.24 bits per heavy atom. The predicted molar refractivity (Wildman–Crippen MR) is 215 cm³/mol. The number of likely N-dealkylation sites (N-methyl/N-ethyl adjacent to an activating group) is 1. The smallest absolute Gasteiger partial charge is 0.324 e. The van der Waals surface area contributed by atoms with E-state index in [2.05, 4.69) is 85.9 Å². The fraction of sp³-hybridized carbons (Fsp3) is 0.419. The lowest BCUT2D eigenvalue weighted by atomic mass is 9.95. The van der Waals surface area contributed by atoms with Gasteiger partial charge in [-0.05, 0) is 61.1 Å². The van der Waals surface area contributed by atoms with Crippen LogP contribution >= 0.6 is 0 Å². The summed E-state index contributed by atoms with van der Waals surface area (Å²) in [5.74, 6) is 0.341. The van der Waals surface area contributed by atoms with Gasteiger partial charge >= 0.3 is 5.97 Å². The summed E-state index contributed by atoms with van der Waals surface area (Å²) < 4.78 is 42.2. The van der Waals surface area contributed by atoms with Crippen molar-refractivity contribution in [1.29, 1.82) is 0 Å². The van der Waals surface area contributed by atoms with Crippen molar-refractivity contribution in [3.8, 4) is 0 Å². The monoisotopic (exact) mass is 766 g/mol. The summed E-state index contributed by atoms with van der Waals surface area (Å²) in [7, 11) is -2.53. The number of rotatable bonds is 17. The Balaban J connectivity index is 0.961. The van der Waals surface area contributed by atoms with Crippen LogP contribution in [0.25, 0.3) is 11.0 Å². The molecule has 0 spiro atoms. The van der Waals surface area contributed by atoms with Crippen molar-refractivity contribution in [2.45, 2.75) is 57.6 Å². The minimum absolute atomic E-state index is 0.0531. The van der Waals surface area contributed by atoms with Gasteiger partial charge in [-0.3, -0.25) is 19.6 Å². The highest BCUT2D eigenvalue weighted by Gasteiger charge is 2.34. The molecule has 2 aromatic heterocycles. The van der Waals surface area contributed by atoms with Crippen molar-refractivity contribution >= 4 is 27.0 Å². The molecule has 0 amide bonds. The number of pyridine rings is 1. The lowest BCUT2D eigenvalue weighted by molar-refractivity contribution is -0.150. The van der Waals surface area contributed by atoms with E-state index in [9.17, 15) is 13.2 Å². The van der Waals surface area contributed by atoms with Gasteiger partial charge in [0.1, 0.15) is 24.0 Å². The first-order valence-corrected chi connectivity index (χ1v) is 20.6. The molecule has 5 aromatic rings. The molecule has 292 valence electrons. The van der Waals surface area contributed by atoms with Crippen LogP contribution in [0.15, 0.2) is 102 Å². The maximum atomic E-state index is 13.8. The van der Waals surface area contributed by atoms with E-state index < -0.39 is 22.0 Å². The van der Waals surface area contributed by atoms with E-state index in [-0.39, 0.29) is 30.1 Å². The van der Waals surface area contributed by atoms with Gasteiger partial charge in [-0.2, -0.15) is 4.31 Å². The summed E-state index contributed by atoms with van der Waals surface area (Å²) in [5.41, 5.74) is 6.57. The summed E-state index contributed by atoms with van der Waals surface area (Å²) in [5, 5.41) is 0. The highest BCUT2D eigenvalue weighted by atomic mass is 32.2. The Morgan fingerprint density at radius 2 is 1.55 bits per heavy atom. The number of nitrogens with zero attached hydrogens (tertiary/aromatic N) is 6. The maximum absolute atomic E-state index is 13.8. The van der Waals surface area contributed by atoms with Crippen molar-refractivity contribution in [3.05, 3.63) is 125 Å². The van der Waals surface area contributed by atoms with Crippen molar-refractivity contribution in [1.82, 2.24) is 28.6 Å². The lowest BCUT2D eigenvalue weighted by Crippen LogP contribution is -2.48. The molecule has 0 N–H and O–H groups in total. The molecular formula is C43H54N6O5S. The number of aryl methyl sites for hydroxylation is 2. The fourth-order valence-electron chi connectivity index (χ4n) is 7.26. The number of benzene rings is 3. The zero-order valence-corrected chi connectivity index (χ0v) is 33.5. The molecule has 11 nitrogen and oxygen atoms in total. The highest BCUT2D eigenvalue weighted by molar-refractivity contribution is 7.89. The van der Waals surface area contributed by atoms with Crippen LogP contribution in [-0.4, -0.2) is 109 Å². The van der Waals surface area contributed by atoms with Crippen LogP contribution in [0.5, 0.6) is 0 Å². The number of carbonyl (C=O) groups is 1. The van der Waals surface area contributed by atoms with E-state index in [4.69, 9.17) is 9.47 Å². The summed E-state index contributed by atoms with van der Waals surface area (Å²) in [6.45, 7) is 13.9. The number of imidazole rings is 1. The molecule has 0 radical (unpaired) electrons. The van der Waals surface area contributed by atoms with Crippen molar-refractivity contribution in [3.63, 3.8) is 0 Å². The summed E-state index contributed by atoms with van der Waals surface area (Å²) in [4.78, 5) is 27.1. The van der Waals surface area contributed by atoms with Crippen LogP contribution in [0.3, 0.4) is 0 Å². The van der Waals surface area contributed by atoms with E-state index in [1.165, 1.54) is 23.7 Å². The van der Waals surface area contributed by atoms with Gasteiger partial charge in [0, 0.05) is 52.5 Å². The molecule has 12 heteroatoms. The second-order valence-corrected chi connectivity index (χ2v) is 16.8. The largest absolute Gasteiger partial charge is 0.462 e. The normalized spacial score (nSPS) is 15.5. The third-order valence-electron chi connectivity index (χ3n) is 10.4. The molecule has 0 bridgehead atoms. The Bertz CT molecular complexity index is 2100. The number of piperazine rings is 1. The molecule has 1 aliphatic heterocycles. The lowest BCUT2D eigenvalue weighted by Gasteiger charge is -2.39. The summed E-state index contributed by atoms with van der Waals surface area (Å²) >= 11 is 0. The first-order valence-electron chi connectivity index (χ1n) is 19.2. The minimum atomic E-state index is -3.98. The number of hydrogen-bond donors (Lipinski definition) is 0. The second-order valence-electron chi connectivity index (χ2n) is 14.8. The topological polar surface area (TPSA) is 110 Å². The van der Waals surface area contributed by atoms with Gasteiger partial charge in [0.2, 0.25) is 10.0 Å². The maximum Gasteiger partial charge on any atom is 0.324 e. The quantitative estimate of drug-likeness (QED) is 0.0820. The SMILES string of the molecule is Cc1ccc(C(c2ccccc2)N2CCN(CCOCCOC(=O)[C@H](CC(C)C)N(C)S(=O)(=O)c3ccc(Cn4c(C)nc5cnccc54)cc3)CC2)cc1. The van der Waals surface area contributed by atoms with E-state index in [0.29, 0.717) is 19.6 Å². The predicted octanol–water partition coefficient (Wildman–Crippen LogP) is 6.10. The molecule has 6 rings (SSSR count). The first-order chi connectivity index (χ1) is 26.5. The van der Waals surface area contributed by atoms with Gasteiger partial charge in [-0.1, -0.05) is 86.1 Å². The van der Waals surface area contributed by atoms with E-state index in [1.807, 2.05) is 26.8 Å². The number of carbonyl (C=O) groups excluding carboxylic acids is 1. The van der Waals surface area contributed by atoms with Crippen molar-refractivity contribution in [2.24, 2.45) is 5.92 Å². The van der Waals surface area contributed by atoms with Crippen LogP contribution in [0.4, 0.5) is 0 Å². The van der Waals surface area contributed by atoms with Gasteiger partial charge in [-0.15, -0.1) is 0 Å². The molecule has 0 aliphatic carbocycles. The standard InChI is InChI=1S/C43H54N6O5S/c1-32(2)29-41(46(5)55(51,52)38-17-13-35(14-18-38)31-49-34(4)45-39-30-44-20-19-40(39)49)43(50)54-28-27-53-26-25-47-21-23-48(24-22-47)42(36-9-7-6-8-10-36)37-15-11-33(3)12-16-37/h6-20,30,32,41-42H,21-29,31H2,1-5H3/t41-,42?/m0/s1. The number of hydrogen-bond acceptors (Lipinski definition) is 9. The molecule has 3 heterocycles. The van der Waals surface area contributed by atoms with Gasteiger partial charge in [-0.25, -0.2) is 13.4 Å². The molecule has 55 heavy (non-hydrogen) atoms. The molecule has 1 unspecified atom stereocenters. The third-order valence-corrected chi connectivity index (χ3v) is 12.3. The second kappa shape index (κ2) is 18.4. The van der Waals surface area contributed by atoms with Crippen LogP contribution < -0.4 is 0 Å². The van der Waals surface area contributed by atoms with E-state index >= 15 is 0 Å². The molecular weight excluding hydrogens is 713 g/mol. The Hall–Kier alpha value is -4.46. The Kier molecular flexibility index (Phi) is 13.5. The Labute approximate surface area is 325 Å². The van der Waals surface area contributed by atoms with Gasteiger partial charge in [0.25, 0.3) is 0 Å². The average Bonchev–Trinajstić information content (AvgIpc) is 3.50. The highest BCUT2D eigenvalue weighted by Crippen LogP contribution is 2.30. The van der Waals surface area contributed by atoms with Crippen LogP contribution in [0, 0.1) is 19.8 Å². The number of aromatic nitrogens is 3. The van der Waals surface area contributed by atoms with E-state index in [0.717, 1.165) is 59.5 Å². The Morgan fingerprint density at radius 1 is 0.855 bits per heavy atom. The van der Waals surface area contributed by atoms with Crippen LogP contribution in [0.2, 0.25) is 0 Å². The number of fused-ring (bicyclic) bond motifs is 1. The zero-order valence-electron chi connectivity index (χ0n) is 32.7. The van der Waals surface area contributed by atoms with Crippen molar-refractivity contribution < 1.29 is 22.7 Å². The number of sulfonamides is 1. The molecule has 1 aliphatic rings. The molecule has 3 aromatic carbocycles. The number of ether oxygens (including phenoxy) is 2. The number of esters is 1. The van der Waals surface area contributed by atoms with Crippen LogP contribution in [0.1, 0.15) is 54.4 Å². The third kappa shape index (κ3) is 10.1. The average molecular weight is 767 g/mol. The van der Waals surface area contributed by atoms with Crippen LogP contribution in [-0.2, 0) is 30.8 Å². The van der Waals surface area contributed by atoms with Gasteiger partial charge in [0.05, 0.1) is 35.9 Å². The minimum Gasteiger partial charge on any atom is -0.462 e. The molecule has 1 fully saturated rings. The molecule has 0 saturated carbocycles. The summed E-state index contributed by atoms with van der Waals surface area (Å²) in [6, 6.07) is 27.5. The molecule has 2 atom stereocenters. The van der Waals surface area contributed by atoms with Gasteiger partial charge < -0.3 is 14.0 Å².